The number of halogens is 6. The molecule has 2 atom stereocenters. The zero-order valence-electron chi connectivity index (χ0n) is 31.5. The Bertz CT molecular complexity index is 1800. The number of ether oxygens (including phenoxy) is 1. The Hall–Kier alpha value is -3.17. The van der Waals surface area contributed by atoms with Crippen molar-refractivity contribution >= 4 is 77.1 Å². The van der Waals surface area contributed by atoms with Gasteiger partial charge < -0.3 is 34.8 Å². The van der Waals surface area contributed by atoms with E-state index in [0.29, 0.717) is 27.5 Å². The fourth-order valence-electron chi connectivity index (χ4n) is 3.55. The van der Waals surface area contributed by atoms with Gasteiger partial charge in [0.2, 0.25) is 17.2 Å². The summed E-state index contributed by atoms with van der Waals surface area (Å²) >= 11 is 17.7. The summed E-state index contributed by atoms with van der Waals surface area (Å²) in [5, 5.41) is 18.8. The number of anilines is 2. The minimum atomic E-state index is -4.35. The molecule has 0 aliphatic carbocycles. The summed E-state index contributed by atoms with van der Waals surface area (Å²) in [6.07, 6.45) is 5.76. The average molecular weight is 887 g/mol. The number of carboxylic acids is 1. The van der Waals surface area contributed by atoms with Crippen molar-refractivity contribution in [3.63, 3.8) is 0 Å². The molecule has 0 saturated carbocycles. The predicted octanol–water partition coefficient (Wildman–Crippen LogP) is 4.07. The zero-order chi connectivity index (χ0) is 42.8. The van der Waals surface area contributed by atoms with Crippen LogP contribution in [-0.2, 0) is 36.2 Å². The second-order valence-corrected chi connectivity index (χ2v) is 17.5. The Balaban J connectivity index is 0.000000845. The number of carbonyl (C=O) groups excluding carboxylic acids is 1. The van der Waals surface area contributed by atoms with Gasteiger partial charge in [-0.3, -0.25) is 14.9 Å². The van der Waals surface area contributed by atoms with E-state index in [9.17, 15) is 37.0 Å². The van der Waals surface area contributed by atoms with Gasteiger partial charge in [0.15, 0.2) is 5.82 Å². The maximum absolute atomic E-state index is 14.2. The molecule has 2 heterocycles. The summed E-state index contributed by atoms with van der Waals surface area (Å²) in [5.74, 6) is -2.12. The Morgan fingerprint density at radius 2 is 1.67 bits per heavy atom. The lowest BCUT2D eigenvalue weighted by Crippen LogP contribution is -2.27. The topological polar surface area (TPSA) is 239 Å². The molecular weight excluding hydrogens is 841 g/mol. The number of rotatable bonds is 13. The van der Waals surface area contributed by atoms with Crippen molar-refractivity contribution in [2.75, 3.05) is 55.4 Å². The lowest BCUT2D eigenvalue weighted by atomic mass is 10.1. The van der Waals surface area contributed by atoms with Crippen LogP contribution in [0.25, 0.3) is 5.69 Å². The Morgan fingerprint density at radius 1 is 1.11 bits per heavy atom. The number of nitrogens with one attached hydrogen (secondary N) is 3. The molecule has 2 unspecified atom stereocenters. The standard InChI is InChI=1S/C15H14Cl2F3N3O3.C9H16ClN5.C3H8NO5P.C3H9S/c1-3-26-13(24)10(17)4-8-5-12(11(18)6-9(8)16)23-15(25)22(14(19)20)7(2)21-23;1-5-11-7-12-6(10)13-8(14-7)15-9(2,3)4;5-3(6)1-4-2-10(7,8)9;1-4(2)3/h5-6,10,14H,3-4H2,1-2H3;5H2,1-4H3,(H2,11,12,13,14,15);4H,1-2H2,(H,5,6)(H2,7,8,9);1-3H3/q;;;+1/p-1. The molecule has 0 saturated heterocycles. The predicted molar refractivity (Wildman–Crippen MR) is 207 cm³/mol. The van der Waals surface area contributed by atoms with Crippen LogP contribution < -0.4 is 26.5 Å². The number of carbonyl (C=O) groups is 2. The second-order valence-electron chi connectivity index (χ2n) is 12.2. The smallest absolute Gasteiger partial charge is 0.355 e. The van der Waals surface area contributed by atoms with E-state index in [0.717, 1.165) is 18.7 Å². The van der Waals surface area contributed by atoms with Gasteiger partial charge in [-0.1, -0.05) is 11.6 Å². The first kappa shape index (κ1) is 51.8. The maximum Gasteiger partial charge on any atom is 0.355 e. The van der Waals surface area contributed by atoms with Gasteiger partial charge in [0.25, 0.3) is 0 Å². The molecule has 312 valence electrons. The summed E-state index contributed by atoms with van der Waals surface area (Å²) in [7, 11) is -3.71. The molecule has 5 N–H and O–H groups in total. The molecule has 0 aliphatic heterocycles. The van der Waals surface area contributed by atoms with E-state index < -0.39 is 55.8 Å². The van der Waals surface area contributed by atoms with Crippen LogP contribution in [0.5, 0.6) is 0 Å². The molecule has 25 heteroatoms. The van der Waals surface area contributed by atoms with E-state index in [1.54, 1.807) is 6.92 Å². The highest BCUT2D eigenvalue weighted by Gasteiger charge is 2.24. The van der Waals surface area contributed by atoms with Crippen LogP contribution in [0.3, 0.4) is 0 Å². The van der Waals surface area contributed by atoms with Crippen LogP contribution in [0.1, 0.15) is 52.6 Å². The maximum atomic E-state index is 14.2. The number of hydrogen-bond donors (Lipinski definition) is 5. The normalized spacial score (nSPS) is 12.6. The molecule has 3 rings (SSSR count). The first-order valence-corrected chi connectivity index (χ1v) is 21.3. The minimum absolute atomic E-state index is 0.0424. The van der Waals surface area contributed by atoms with Crippen LogP contribution >= 0.6 is 42.4 Å². The highest BCUT2D eigenvalue weighted by molar-refractivity contribution is 7.94. The van der Waals surface area contributed by atoms with Crippen molar-refractivity contribution in [2.24, 2.45) is 0 Å². The number of carboxylic acid groups (broad SMARTS) is 1. The van der Waals surface area contributed by atoms with Gasteiger partial charge in [-0.2, -0.15) is 28.4 Å². The molecule has 17 nitrogen and oxygen atoms in total. The van der Waals surface area contributed by atoms with Crippen LogP contribution in [0.15, 0.2) is 16.9 Å². The number of hydrogen-bond acceptors (Lipinski definition) is 13. The lowest BCUT2D eigenvalue weighted by Gasteiger charge is -2.20. The fraction of sp³-hybridized carbons (Fsp3) is 0.567. The number of nitrogens with zero attached hydrogens (tertiary/aromatic N) is 6. The van der Waals surface area contributed by atoms with Gasteiger partial charge in [0, 0.05) is 23.5 Å². The van der Waals surface area contributed by atoms with Crippen LogP contribution in [-0.4, -0.2) is 107 Å². The van der Waals surface area contributed by atoms with E-state index in [-0.39, 0.29) is 50.5 Å². The number of aryl methyl sites for hydroxylation is 1. The van der Waals surface area contributed by atoms with Gasteiger partial charge in [-0.15, -0.1) is 16.7 Å². The quantitative estimate of drug-likeness (QED) is 0.0704. The Morgan fingerprint density at radius 3 is 2.13 bits per heavy atom. The highest BCUT2D eigenvalue weighted by Crippen LogP contribution is 2.26. The fourth-order valence-corrected chi connectivity index (χ4v) is 4.56. The molecule has 0 aliphatic rings. The first-order chi connectivity index (χ1) is 25.2. The van der Waals surface area contributed by atoms with Gasteiger partial charge >= 0.3 is 24.2 Å². The Kier molecular flexibility index (Phi) is 23.1. The van der Waals surface area contributed by atoms with Crippen molar-refractivity contribution in [2.45, 2.75) is 65.4 Å². The van der Waals surface area contributed by atoms with Crippen LogP contribution in [0.4, 0.5) is 25.1 Å². The van der Waals surface area contributed by atoms with E-state index in [2.05, 4.69) is 49.5 Å². The van der Waals surface area contributed by atoms with Gasteiger partial charge in [0.05, 0.1) is 38.2 Å². The molecule has 0 bridgehead atoms. The zero-order valence-corrected chi connectivity index (χ0v) is 35.5. The van der Waals surface area contributed by atoms with Crippen molar-refractivity contribution in [1.29, 1.82) is 0 Å². The summed E-state index contributed by atoms with van der Waals surface area (Å²) in [6.45, 7) is 8.11. The van der Waals surface area contributed by atoms with E-state index in [1.807, 2.05) is 33.0 Å². The van der Waals surface area contributed by atoms with Gasteiger partial charge in [-0.05, 0) is 81.7 Å². The summed E-state index contributed by atoms with van der Waals surface area (Å²) < 4.78 is 55.4. The molecule has 0 radical (unpaired) electrons. The molecule has 0 fully saturated rings. The first-order valence-electron chi connectivity index (χ1n) is 15.9. The molecule has 55 heavy (non-hydrogen) atoms. The number of aliphatic carboxylic acids is 1. The SMILES string of the molecule is CCNc1nc(Cl)nc(NC(C)(C)C)n1.CCOC(=O)C(Cl)Cc1cc(-n2nc(C)n(C(F)F)c2=O)c(F)cc1Cl.C[S+](C)C.O=C(O)CNCP(=O)([O-])O. The van der Waals surface area contributed by atoms with Crippen LogP contribution in [0.2, 0.25) is 10.3 Å². The van der Waals surface area contributed by atoms with E-state index in [1.165, 1.54) is 6.92 Å². The monoisotopic (exact) mass is 885 g/mol. The van der Waals surface area contributed by atoms with E-state index >= 15 is 0 Å². The Labute approximate surface area is 334 Å². The van der Waals surface area contributed by atoms with Gasteiger partial charge in [0.1, 0.15) is 24.5 Å². The van der Waals surface area contributed by atoms with Crippen molar-refractivity contribution < 1.29 is 47.0 Å². The number of aromatic nitrogens is 6. The third kappa shape index (κ3) is 21.6. The summed E-state index contributed by atoms with van der Waals surface area (Å²) in [5.41, 5.74) is -1.47. The summed E-state index contributed by atoms with van der Waals surface area (Å²) in [4.78, 5) is 63.6. The third-order valence-corrected chi connectivity index (χ3v) is 6.96. The van der Waals surface area contributed by atoms with E-state index in [4.69, 9.17) is 49.5 Å². The largest absolute Gasteiger partial charge is 0.778 e. The molecule has 1 aromatic carbocycles. The second kappa shape index (κ2) is 24.5. The lowest BCUT2D eigenvalue weighted by molar-refractivity contribution is -0.193. The number of benzene rings is 1. The molecule has 0 amide bonds. The molecule has 0 spiro atoms. The summed E-state index contributed by atoms with van der Waals surface area (Å²) in [6, 6.07) is 2.03. The average Bonchev–Trinajstić information content (AvgIpc) is 3.30. The van der Waals surface area contributed by atoms with Crippen LogP contribution in [0, 0.1) is 12.7 Å². The van der Waals surface area contributed by atoms with Gasteiger partial charge in [-0.25, -0.2) is 13.8 Å². The molecule has 3 aromatic rings. The van der Waals surface area contributed by atoms with Crippen molar-refractivity contribution in [1.82, 2.24) is 34.6 Å². The number of esters is 1. The minimum Gasteiger partial charge on any atom is -0.778 e. The number of alkyl halides is 3. The van der Waals surface area contributed by atoms with Crippen molar-refractivity contribution in [3.05, 3.63) is 50.1 Å². The molecular formula is C30H46Cl3F3N9O8PS. The van der Waals surface area contributed by atoms with Crippen molar-refractivity contribution in [3.8, 4) is 5.69 Å². The highest BCUT2D eigenvalue weighted by atomic mass is 35.5. The molecule has 2 aromatic heterocycles. The third-order valence-electron chi connectivity index (χ3n) is 5.48.